The third-order valence-corrected chi connectivity index (χ3v) is 5.39. The van der Waals surface area contributed by atoms with E-state index in [1.54, 1.807) is 29.3 Å². The zero-order valence-electron chi connectivity index (χ0n) is 15.3. The number of anilines is 1. The molecule has 1 saturated heterocycles. The summed E-state index contributed by atoms with van der Waals surface area (Å²) in [6, 6.07) is 8.66. The Morgan fingerprint density at radius 1 is 1.19 bits per heavy atom. The fourth-order valence-electron chi connectivity index (χ4n) is 3.75. The minimum absolute atomic E-state index is 0.0568. The number of hydrogen-bond acceptors (Lipinski definition) is 3. The van der Waals surface area contributed by atoms with Crippen LogP contribution >= 0.6 is 0 Å². The second-order valence-electron chi connectivity index (χ2n) is 7.31. The van der Waals surface area contributed by atoms with Crippen molar-refractivity contribution in [2.45, 2.75) is 50.9 Å². The van der Waals surface area contributed by atoms with Crippen molar-refractivity contribution in [3.8, 4) is 0 Å². The first-order chi connectivity index (χ1) is 13.2. The first kappa shape index (κ1) is 18.0. The molecule has 1 aliphatic heterocycles. The van der Waals surface area contributed by atoms with Crippen molar-refractivity contribution in [3.05, 3.63) is 47.9 Å². The van der Waals surface area contributed by atoms with Crippen LogP contribution in [0.4, 0.5) is 15.0 Å². The van der Waals surface area contributed by atoms with Gasteiger partial charge in [0.15, 0.2) is 0 Å². The van der Waals surface area contributed by atoms with Crippen LogP contribution in [0.1, 0.15) is 43.7 Å². The SMILES string of the molecule is O=C(Nc1ccnn1C1CCCCC1)N1CC(OCc2ccccc2F)C1. The van der Waals surface area contributed by atoms with Crippen molar-refractivity contribution in [1.29, 1.82) is 0 Å². The van der Waals surface area contributed by atoms with E-state index in [9.17, 15) is 9.18 Å². The van der Waals surface area contributed by atoms with E-state index in [-0.39, 0.29) is 24.6 Å². The van der Waals surface area contributed by atoms with Crippen molar-refractivity contribution in [2.24, 2.45) is 0 Å². The number of likely N-dealkylation sites (tertiary alicyclic amines) is 1. The lowest BCUT2D eigenvalue weighted by Crippen LogP contribution is -2.56. The molecule has 2 aromatic rings. The Morgan fingerprint density at radius 2 is 1.96 bits per heavy atom. The van der Waals surface area contributed by atoms with Crippen LogP contribution in [0.3, 0.4) is 0 Å². The molecule has 6 nitrogen and oxygen atoms in total. The smallest absolute Gasteiger partial charge is 0.323 e. The Kier molecular flexibility index (Phi) is 5.38. The molecule has 7 heteroatoms. The molecule has 0 atom stereocenters. The number of benzene rings is 1. The monoisotopic (exact) mass is 372 g/mol. The van der Waals surface area contributed by atoms with Crippen molar-refractivity contribution in [2.75, 3.05) is 18.4 Å². The Balaban J connectivity index is 1.25. The number of halogens is 1. The summed E-state index contributed by atoms with van der Waals surface area (Å²) in [5.74, 6) is 0.491. The van der Waals surface area contributed by atoms with Crippen LogP contribution in [-0.4, -0.2) is 39.9 Å². The molecule has 2 fully saturated rings. The van der Waals surface area contributed by atoms with Crippen LogP contribution in [0.25, 0.3) is 0 Å². The quantitative estimate of drug-likeness (QED) is 0.864. The zero-order chi connectivity index (χ0) is 18.6. The lowest BCUT2D eigenvalue weighted by Gasteiger charge is -2.38. The average molecular weight is 372 g/mol. The van der Waals surface area contributed by atoms with Crippen LogP contribution in [0.15, 0.2) is 36.5 Å². The Labute approximate surface area is 158 Å². The summed E-state index contributed by atoms with van der Waals surface area (Å²) < 4.78 is 21.3. The predicted octanol–water partition coefficient (Wildman–Crippen LogP) is 3.96. The van der Waals surface area contributed by atoms with Crippen molar-refractivity contribution in [3.63, 3.8) is 0 Å². The lowest BCUT2D eigenvalue weighted by atomic mass is 9.96. The minimum Gasteiger partial charge on any atom is -0.370 e. The van der Waals surface area contributed by atoms with Crippen LogP contribution in [0.2, 0.25) is 0 Å². The van der Waals surface area contributed by atoms with Gasteiger partial charge >= 0.3 is 6.03 Å². The summed E-state index contributed by atoms with van der Waals surface area (Å²) in [6.45, 7) is 1.25. The third kappa shape index (κ3) is 4.13. The molecule has 0 unspecified atom stereocenters. The Morgan fingerprint density at radius 3 is 2.74 bits per heavy atom. The highest BCUT2D eigenvalue weighted by atomic mass is 19.1. The second kappa shape index (κ2) is 8.08. The summed E-state index contributed by atoms with van der Waals surface area (Å²) in [6.07, 6.45) is 7.61. The van der Waals surface area contributed by atoms with E-state index in [1.807, 2.05) is 10.7 Å². The second-order valence-corrected chi connectivity index (χ2v) is 7.31. The van der Waals surface area contributed by atoms with Gasteiger partial charge in [-0.15, -0.1) is 0 Å². The van der Waals surface area contributed by atoms with Gasteiger partial charge in [-0.2, -0.15) is 5.10 Å². The lowest BCUT2D eigenvalue weighted by molar-refractivity contribution is -0.0429. The van der Waals surface area contributed by atoms with Gasteiger partial charge in [0.2, 0.25) is 0 Å². The fourth-order valence-corrected chi connectivity index (χ4v) is 3.75. The average Bonchev–Trinajstić information content (AvgIpc) is 3.10. The Bertz CT molecular complexity index is 782. The van der Waals surface area contributed by atoms with E-state index in [2.05, 4.69) is 10.4 Å². The maximum absolute atomic E-state index is 13.6. The number of nitrogens with one attached hydrogen (secondary N) is 1. The summed E-state index contributed by atoms with van der Waals surface area (Å²) in [5.41, 5.74) is 0.539. The van der Waals surface area contributed by atoms with Crippen molar-refractivity contribution >= 4 is 11.8 Å². The Hall–Kier alpha value is -2.41. The van der Waals surface area contributed by atoms with Gasteiger partial charge in [0, 0.05) is 11.6 Å². The molecule has 1 saturated carbocycles. The molecule has 4 rings (SSSR count). The van der Waals surface area contributed by atoms with E-state index in [0.717, 1.165) is 18.7 Å². The van der Waals surface area contributed by atoms with Gasteiger partial charge in [-0.1, -0.05) is 37.5 Å². The van der Waals surface area contributed by atoms with Crippen LogP contribution in [0, 0.1) is 5.82 Å². The number of amides is 2. The zero-order valence-corrected chi connectivity index (χ0v) is 15.3. The number of ether oxygens (including phenoxy) is 1. The number of aromatic nitrogens is 2. The van der Waals surface area contributed by atoms with E-state index >= 15 is 0 Å². The molecular formula is C20H25FN4O2. The normalized spacial score (nSPS) is 18.3. The summed E-state index contributed by atoms with van der Waals surface area (Å²) in [4.78, 5) is 14.2. The van der Waals surface area contributed by atoms with Crippen molar-refractivity contribution in [1.82, 2.24) is 14.7 Å². The van der Waals surface area contributed by atoms with Gasteiger partial charge in [0.05, 0.1) is 38.0 Å². The molecule has 1 aromatic heterocycles. The van der Waals surface area contributed by atoms with Gasteiger partial charge in [0.1, 0.15) is 11.6 Å². The molecule has 2 aliphatic rings. The predicted molar refractivity (Wildman–Crippen MR) is 99.9 cm³/mol. The number of rotatable bonds is 5. The van der Waals surface area contributed by atoms with Crippen LogP contribution in [-0.2, 0) is 11.3 Å². The maximum Gasteiger partial charge on any atom is 0.323 e. The summed E-state index contributed by atoms with van der Waals surface area (Å²) in [5, 5.41) is 7.37. The van der Waals surface area contributed by atoms with E-state index in [1.165, 1.54) is 25.3 Å². The largest absolute Gasteiger partial charge is 0.370 e. The summed E-state index contributed by atoms with van der Waals surface area (Å²) in [7, 11) is 0. The van der Waals surface area contributed by atoms with Gasteiger partial charge < -0.3 is 9.64 Å². The number of hydrogen-bond donors (Lipinski definition) is 1. The molecular weight excluding hydrogens is 347 g/mol. The number of carbonyl (C=O) groups is 1. The number of carbonyl (C=O) groups excluding carboxylic acids is 1. The molecule has 2 amide bonds. The van der Waals surface area contributed by atoms with Gasteiger partial charge in [-0.25, -0.2) is 13.9 Å². The molecule has 1 N–H and O–H groups in total. The molecule has 0 bridgehead atoms. The minimum atomic E-state index is -0.262. The van der Waals surface area contributed by atoms with E-state index in [4.69, 9.17) is 4.74 Å². The molecule has 27 heavy (non-hydrogen) atoms. The van der Waals surface area contributed by atoms with Gasteiger partial charge in [0.25, 0.3) is 0 Å². The first-order valence-electron chi connectivity index (χ1n) is 9.65. The third-order valence-electron chi connectivity index (χ3n) is 5.39. The van der Waals surface area contributed by atoms with Crippen LogP contribution < -0.4 is 5.32 Å². The first-order valence-corrected chi connectivity index (χ1v) is 9.65. The highest BCUT2D eigenvalue weighted by molar-refractivity contribution is 5.89. The molecule has 2 heterocycles. The topological polar surface area (TPSA) is 59.4 Å². The van der Waals surface area contributed by atoms with Gasteiger partial charge in [-0.3, -0.25) is 5.32 Å². The fraction of sp³-hybridized carbons (Fsp3) is 0.500. The van der Waals surface area contributed by atoms with E-state index in [0.29, 0.717) is 24.7 Å². The molecule has 0 radical (unpaired) electrons. The number of nitrogens with zero attached hydrogens (tertiary/aromatic N) is 3. The highest BCUT2D eigenvalue weighted by Crippen LogP contribution is 2.30. The van der Waals surface area contributed by atoms with Crippen molar-refractivity contribution < 1.29 is 13.9 Å². The summed E-state index contributed by atoms with van der Waals surface area (Å²) >= 11 is 0. The van der Waals surface area contributed by atoms with Crippen LogP contribution in [0.5, 0.6) is 0 Å². The molecule has 1 aliphatic carbocycles. The maximum atomic E-state index is 13.6. The standard InChI is InChI=1S/C20H25FN4O2/c21-18-9-5-4-6-15(18)14-27-17-12-24(13-17)20(26)23-19-10-11-22-25(19)16-7-2-1-3-8-16/h4-6,9-11,16-17H,1-3,7-8,12-14H2,(H,23,26). The molecule has 144 valence electrons. The molecule has 1 aromatic carbocycles. The molecule has 0 spiro atoms. The highest BCUT2D eigenvalue weighted by Gasteiger charge is 2.32. The van der Waals surface area contributed by atoms with E-state index < -0.39 is 0 Å². The number of urea groups is 1. The van der Waals surface area contributed by atoms with Gasteiger partial charge in [-0.05, 0) is 18.9 Å².